The van der Waals surface area contributed by atoms with Crippen LogP contribution in [0.2, 0.25) is 0 Å². The van der Waals surface area contributed by atoms with Crippen molar-refractivity contribution in [1.82, 2.24) is 10.6 Å². The molecule has 0 saturated carbocycles. The van der Waals surface area contributed by atoms with Gasteiger partial charge < -0.3 is 16.4 Å². The standard InChI is InChI=1S/C22H24F3N3O3/c1-14(16-7-3-2-4-8-16)27-19(29)10-11-20(30)28-18(21(26)31)13-15-6-5-9-17(12-15)22(23,24)25/h2-9,12,14,18H,10-11,13H2,1H3,(H2,26,31)(H,27,29)(H,28,30)/t14-,18-/m1/s1. The van der Waals surface area contributed by atoms with Crippen molar-refractivity contribution in [2.45, 2.75) is 44.4 Å². The summed E-state index contributed by atoms with van der Waals surface area (Å²) in [5.74, 6) is -1.83. The first-order valence-corrected chi connectivity index (χ1v) is 9.65. The molecule has 4 N–H and O–H groups in total. The van der Waals surface area contributed by atoms with Crippen molar-refractivity contribution in [3.8, 4) is 0 Å². The number of amides is 3. The molecule has 0 fully saturated rings. The predicted molar refractivity (Wildman–Crippen MR) is 109 cm³/mol. The number of primary amides is 1. The van der Waals surface area contributed by atoms with Gasteiger partial charge in [-0.05, 0) is 24.1 Å². The van der Waals surface area contributed by atoms with Gasteiger partial charge in [0.15, 0.2) is 0 Å². The van der Waals surface area contributed by atoms with E-state index in [4.69, 9.17) is 5.73 Å². The van der Waals surface area contributed by atoms with E-state index >= 15 is 0 Å². The van der Waals surface area contributed by atoms with Crippen molar-refractivity contribution in [1.29, 1.82) is 0 Å². The first kappa shape index (κ1) is 23.9. The molecule has 9 heteroatoms. The van der Waals surface area contributed by atoms with Gasteiger partial charge in [0.05, 0.1) is 11.6 Å². The van der Waals surface area contributed by atoms with Gasteiger partial charge in [-0.1, -0.05) is 48.5 Å². The molecule has 3 amide bonds. The number of nitrogens with two attached hydrogens (primary N) is 1. The molecule has 2 aromatic rings. The molecule has 0 aliphatic carbocycles. The summed E-state index contributed by atoms with van der Waals surface area (Å²) in [6.07, 6.45) is -5.02. The van der Waals surface area contributed by atoms with Gasteiger partial charge in [-0.25, -0.2) is 0 Å². The van der Waals surface area contributed by atoms with Crippen LogP contribution in [0.4, 0.5) is 13.2 Å². The first-order valence-electron chi connectivity index (χ1n) is 9.65. The minimum Gasteiger partial charge on any atom is -0.368 e. The maximum Gasteiger partial charge on any atom is 0.416 e. The van der Waals surface area contributed by atoms with E-state index in [0.717, 1.165) is 17.7 Å². The van der Waals surface area contributed by atoms with Gasteiger partial charge in [0.25, 0.3) is 0 Å². The molecule has 166 valence electrons. The summed E-state index contributed by atoms with van der Waals surface area (Å²) in [5.41, 5.74) is 5.54. The SMILES string of the molecule is C[C@@H](NC(=O)CCC(=O)N[C@H](Cc1cccc(C(F)(F)F)c1)C(N)=O)c1ccccc1. The molecular formula is C22H24F3N3O3. The fraction of sp³-hybridized carbons (Fsp3) is 0.318. The molecule has 0 unspecified atom stereocenters. The molecule has 0 bridgehead atoms. The fourth-order valence-corrected chi connectivity index (χ4v) is 2.97. The Labute approximate surface area is 178 Å². The lowest BCUT2D eigenvalue weighted by Crippen LogP contribution is -2.46. The van der Waals surface area contributed by atoms with E-state index in [1.807, 2.05) is 37.3 Å². The average molecular weight is 435 g/mol. The highest BCUT2D eigenvalue weighted by Gasteiger charge is 2.30. The lowest BCUT2D eigenvalue weighted by Gasteiger charge is -2.17. The van der Waals surface area contributed by atoms with Crippen LogP contribution < -0.4 is 16.4 Å². The van der Waals surface area contributed by atoms with Gasteiger partial charge in [-0.2, -0.15) is 13.2 Å². The molecule has 0 spiro atoms. The van der Waals surface area contributed by atoms with Crippen molar-refractivity contribution in [3.05, 3.63) is 71.3 Å². The molecule has 0 heterocycles. The molecule has 2 aromatic carbocycles. The number of rotatable bonds is 9. The van der Waals surface area contributed by atoms with Crippen molar-refractivity contribution < 1.29 is 27.6 Å². The highest BCUT2D eigenvalue weighted by atomic mass is 19.4. The summed E-state index contributed by atoms with van der Waals surface area (Å²) in [5, 5.41) is 5.16. The smallest absolute Gasteiger partial charge is 0.368 e. The van der Waals surface area contributed by atoms with Crippen LogP contribution in [-0.2, 0) is 27.0 Å². The van der Waals surface area contributed by atoms with Gasteiger partial charge >= 0.3 is 6.18 Å². The normalized spacial score (nSPS) is 13.2. The van der Waals surface area contributed by atoms with Gasteiger partial charge in [-0.3, -0.25) is 14.4 Å². The van der Waals surface area contributed by atoms with Crippen LogP contribution in [0, 0.1) is 0 Å². The first-order chi connectivity index (χ1) is 14.6. The van der Waals surface area contributed by atoms with Gasteiger partial charge in [0.1, 0.15) is 6.04 Å². The molecule has 0 aromatic heterocycles. The van der Waals surface area contributed by atoms with Gasteiger partial charge in [-0.15, -0.1) is 0 Å². The Hall–Kier alpha value is -3.36. The fourth-order valence-electron chi connectivity index (χ4n) is 2.97. The van der Waals surface area contributed by atoms with Crippen LogP contribution in [0.15, 0.2) is 54.6 Å². The summed E-state index contributed by atoms with van der Waals surface area (Å²) >= 11 is 0. The van der Waals surface area contributed by atoms with E-state index in [9.17, 15) is 27.6 Å². The van der Waals surface area contributed by atoms with Crippen LogP contribution in [-0.4, -0.2) is 23.8 Å². The Morgan fingerprint density at radius 2 is 1.55 bits per heavy atom. The number of hydrogen-bond acceptors (Lipinski definition) is 3. The number of halogens is 3. The zero-order chi connectivity index (χ0) is 23.0. The minimum absolute atomic E-state index is 0.113. The zero-order valence-corrected chi connectivity index (χ0v) is 16.9. The van der Waals surface area contributed by atoms with Gasteiger partial charge in [0.2, 0.25) is 17.7 Å². The summed E-state index contributed by atoms with van der Waals surface area (Å²) in [6.45, 7) is 1.81. The monoisotopic (exact) mass is 435 g/mol. The Kier molecular flexibility index (Phi) is 8.18. The van der Waals surface area contributed by atoms with E-state index in [1.165, 1.54) is 12.1 Å². The third-order valence-corrected chi connectivity index (χ3v) is 4.63. The number of carbonyl (C=O) groups is 3. The zero-order valence-electron chi connectivity index (χ0n) is 16.9. The summed E-state index contributed by atoms with van der Waals surface area (Å²) < 4.78 is 38.5. The maximum absolute atomic E-state index is 12.8. The van der Waals surface area contributed by atoms with E-state index in [-0.39, 0.29) is 36.8 Å². The molecule has 0 aliphatic heterocycles. The summed E-state index contributed by atoms with van der Waals surface area (Å²) in [7, 11) is 0. The third-order valence-electron chi connectivity index (χ3n) is 4.63. The van der Waals surface area contributed by atoms with E-state index in [2.05, 4.69) is 10.6 Å². The molecule has 31 heavy (non-hydrogen) atoms. The van der Waals surface area contributed by atoms with Gasteiger partial charge in [0, 0.05) is 19.3 Å². The van der Waals surface area contributed by atoms with Crippen molar-refractivity contribution in [3.63, 3.8) is 0 Å². The second-order valence-electron chi connectivity index (χ2n) is 7.12. The van der Waals surface area contributed by atoms with Crippen LogP contribution in [0.5, 0.6) is 0 Å². The van der Waals surface area contributed by atoms with Crippen molar-refractivity contribution in [2.75, 3.05) is 0 Å². The Morgan fingerprint density at radius 1 is 0.935 bits per heavy atom. The van der Waals surface area contributed by atoms with Crippen LogP contribution >= 0.6 is 0 Å². The quantitative estimate of drug-likeness (QED) is 0.565. The van der Waals surface area contributed by atoms with E-state index < -0.39 is 29.6 Å². The molecule has 2 atom stereocenters. The van der Waals surface area contributed by atoms with Crippen LogP contribution in [0.25, 0.3) is 0 Å². The maximum atomic E-state index is 12.8. The van der Waals surface area contributed by atoms with Crippen LogP contribution in [0.3, 0.4) is 0 Å². The molecule has 2 rings (SSSR count). The lowest BCUT2D eigenvalue weighted by molar-refractivity contribution is -0.137. The molecule has 0 saturated heterocycles. The average Bonchev–Trinajstić information content (AvgIpc) is 2.72. The topological polar surface area (TPSA) is 101 Å². The number of carbonyl (C=O) groups excluding carboxylic acids is 3. The highest BCUT2D eigenvalue weighted by molar-refractivity contribution is 5.88. The number of hydrogen-bond donors (Lipinski definition) is 3. The van der Waals surface area contributed by atoms with Crippen molar-refractivity contribution in [2.24, 2.45) is 5.73 Å². The summed E-state index contributed by atoms with van der Waals surface area (Å²) in [6, 6.07) is 12.3. The molecule has 6 nitrogen and oxygen atoms in total. The second-order valence-corrected chi connectivity index (χ2v) is 7.12. The van der Waals surface area contributed by atoms with E-state index in [0.29, 0.717) is 0 Å². The molecule has 0 aliphatic rings. The summed E-state index contributed by atoms with van der Waals surface area (Å²) in [4.78, 5) is 35.9. The largest absolute Gasteiger partial charge is 0.416 e. The number of nitrogens with one attached hydrogen (secondary N) is 2. The number of benzene rings is 2. The highest BCUT2D eigenvalue weighted by Crippen LogP contribution is 2.29. The Balaban J connectivity index is 1.88. The van der Waals surface area contributed by atoms with E-state index in [1.54, 1.807) is 0 Å². The van der Waals surface area contributed by atoms with Crippen molar-refractivity contribution >= 4 is 17.7 Å². The Bertz CT molecular complexity index is 917. The van der Waals surface area contributed by atoms with Crippen LogP contribution in [0.1, 0.15) is 42.5 Å². The lowest BCUT2D eigenvalue weighted by atomic mass is 10.0. The Morgan fingerprint density at radius 3 is 2.13 bits per heavy atom. The minimum atomic E-state index is -4.52. The second kappa shape index (κ2) is 10.6. The predicted octanol–water partition coefficient (Wildman–Crippen LogP) is 2.88. The number of alkyl halides is 3. The molecular weight excluding hydrogens is 411 g/mol. The third kappa shape index (κ3) is 7.76. The molecule has 0 radical (unpaired) electrons.